The number of nitrogens with zero attached hydrogens (tertiary/aromatic N) is 1. The van der Waals surface area contributed by atoms with Gasteiger partial charge >= 0.3 is 0 Å². The molecule has 3 aliphatic rings. The van der Waals surface area contributed by atoms with Crippen LogP contribution >= 0.6 is 15.8 Å². The molecule has 0 aliphatic carbocycles. The third-order valence-electron chi connectivity index (χ3n) is 12.7. The fraction of sp³-hybridized carbons (Fsp3) is 0.158. The van der Waals surface area contributed by atoms with Crippen molar-refractivity contribution in [3.63, 3.8) is 0 Å². The Morgan fingerprint density at radius 2 is 0.848 bits per heavy atom. The van der Waals surface area contributed by atoms with Crippen LogP contribution in [0.1, 0.15) is 46.4 Å². The van der Waals surface area contributed by atoms with Gasteiger partial charge in [0.25, 0.3) is 0 Å². The van der Waals surface area contributed by atoms with Crippen molar-refractivity contribution < 1.29 is 28.4 Å². The van der Waals surface area contributed by atoms with Crippen LogP contribution in [0.25, 0.3) is 0 Å². The second-order valence-corrected chi connectivity index (χ2v) is 20.8. The standard InChI is InChI=1S/C57H49NO6P2/c1-59-47-32-34-49(65(42-24-10-4-11-25-42)43-26-12-5-13-27-43)51-54(47)61-36-40-22-18-19-23-41(40)37-62-55-48(60-2)33-35-50(66(44-28-14-6-15-29-44)45-30-16-7-17-31-45)52(55)57-58-46(38-63-56(51)58)53(64-57)39-20-8-3-9-21-39/h3-35,46,53,56-57H,36-38H2,1-2H3/t46-,53-,56-,57+/m0/s1. The van der Waals surface area contributed by atoms with Crippen molar-refractivity contribution >= 4 is 47.7 Å². The maximum atomic E-state index is 7.67. The lowest BCUT2D eigenvalue weighted by atomic mass is 10.0. The maximum absolute atomic E-state index is 7.67. The predicted octanol–water partition coefficient (Wildman–Crippen LogP) is 9.86. The van der Waals surface area contributed by atoms with E-state index in [1.807, 2.05) is 0 Å². The molecule has 8 aromatic carbocycles. The third kappa shape index (κ3) is 7.85. The molecule has 0 N–H and O–H groups in total. The number of fused-ring (bicyclic) bond motifs is 5. The van der Waals surface area contributed by atoms with Crippen LogP contribution in [0.2, 0.25) is 0 Å². The van der Waals surface area contributed by atoms with E-state index in [4.69, 9.17) is 28.4 Å². The minimum atomic E-state index is -1.15. The fourth-order valence-electron chi connectivity index (χ4n) is 9.70. The molecule has 4 atom stereocenters. The molecule has 9 heteroatoms. The van der Waals surface area contributed by atoms with E-state index in [2.05, 4.69) is 205 Å². The van der Waals surface area contributed by atoms with Gasteiger partial charge in [0.2, 0.25) is 0 Å². The molecular formula is C57H49NO6P2. The van der Waals surface area contributed by atoms with Crippen LogP contribution in [0.15, 0.2) is 200 Å². The summed E-state index contributed by atoms with van der Waals surface area (Å²) in [6.45, 7) is 0.966. The summed E-state index contributed by atoms with van der Waals surface area (Å²) in [4.78, 5) is 2.45. The zero-order valence-electron chi connectivity index (χ0n) is 36.8. The van der Waals surface area contributed by atoms with Gasteiger partial charge in [0, 0.05) is 0 Å². The molecule has 0 amide bonds. The molecule has 0 radical (unpaired) electrons. The number of methoxy groups -OCH3 is 2. The Hall–Kier alpha value is -6.30. The molecule has 11 rings (SSSR count). The Kier molecular flexibility index (Phi) is 12.1. The van der Waals surface area contributed by atoms with Gasteiger partial charge < -0.3 is 28.4 Å². The molecule has 3 heterocycles. The van der Waals surface area contributed by atoms with Crippen LogP contribution in [-0.4, -0.2) is 31.8 Å². The summed E-state index contributed by atoms with van der Waals surface area (Å²) in [6, 6.07) is 70.5. The van der Waals surface area contributed by atoms with E-state index in [1.165, 1.54) is 21.2 Å². The van der Waals surface area contributed by atoms with Crippen molar-refractivity contribution in [1.82, 2.24) is 4.90 Å². The second kappa shape index (κ2) is 18.9. The highest BCUT2D eigenvalue weighted by Crippen LogP contribution is 2.57. The molecule has 2 saturated heterocycles. The predicted molar refractivity (Wildman–Crippen MR) is 266 cm³/mol. The van der Waals surface area contributed by atoms with Crippen molar-refractivity contribution in [3.8, 4) is 23.0 Å². The molecular weight excluding hydrogens is 857 g/mol. The lowest BCUT2D eigenvalue weighted by Gasteiger charge is -2.35. The van der Waals surface area contributed by atoms with Crippen LogP contribution in [-0.2, 0) is 22.7 Å². The first-order valence-corrected chi connectivity index (χ1v) is 25.0. The molecule has 66 heavy (non-hydrogen) atoms. The molecule has 0 aromatic heterocycles. The minimum Gasteiger partial charge on any atom is -0.493 e. The van der Waals surface area contributed by atoms with Gasteiger partial charge in [0.05, 0.1) is 38.0 Å². The number of benzene rings is 8. The van der Waals surface area contributed by atoms with Gasteiger partial charge in [0.15, 0.2) is 23.0 Å². The van der Waals surface area contributed by atoms with E-state index < -0.39 is 28.3 Å². The van der Waals surface area contributed by atoms with Crippen molar-refractivity contribution in [2.24, 2.45) is 0 Å². The van der Waals surface area contributed by atoms with E-state index >= 15 is 0 Å². The van der Waals surface area contributed by atoms with Crippen LogP contribution < -0.4 is 50.8 Å². The topological polar surface area (TPSA) is 58.6 Å². The molecule has 0 bridgehead atoms. The average molecular weight is 906 g/mol. The summed E-state index contributed by atoms with van der Waals surface area (Å²) in [6.07, 6.45) is -1.63. The highest BCUT2D eigenvalue weighted by atomic mass is 31.1. The van der Waals surface area contributed by atoms with Gasteiger partial charge in [-0.1, -0.05) is 176 Å². The van der Waals surface area contributed by atoms with Gasteiger partial charge in [-0.05, 0) is 88.6 Å². The Morgan fingerprint density at radius 1 is 0.455 bits per heavy atom. The Bertz CT molecular complexity index is 2850. The van der Waals surface area contributed by atoms with Crippen molar-refractivity contribution in [1.29, 1.82) is 0 Å². The van der Waals surface area contributed by atoms with Crippen LogP contribution in [0.4, 0.5) is 0 Å². The zero-order chi connectivity index (χ0) is 44.4. The first-order valence-electron chi connectivity index (χ1n) is 22.3. The molecule has 0 unspecified atom stereocenters. The van der Waals surface area contributed by atoms with E-state index in [0.717, 1.165) is 38.4 Å². The number of ether oxygens (including phenoxy) is 6. The van der Waals surface area contributed by atoms with E-state index in [-0.39, 0.29) is 25.4 Å². The first-order chi connectivity index (χ1) is 32.7. The molecule has 328 valence electrons. The molecule has 2 fully saturated rings. The summed E-state index contributed by atoms with van der Waals surface area (Å²) >= 11 is 0. The van der Waals surface area contributed by atoms with Gasteiger partial charge in [-0.3, -0.25) is 0 Å². The Balaban J connectivity index is 1.22. The van der Waals surface area contributed by atoms with Crippen LogP contribution in [0.3, 0.4) is 0 Å². The second-order valence-electron chi connectivity index (χ2n) is 16.4. The zero-order valence-corrected chi connectivity index (χ0v) is 38.6. The quantitative estimate of drug-likeness (QED) is 0.134. The van der Waals surface area contributed by atoms with Gasteiger partial charge in [-0.2, -0.15) is 0 Å². The highest BCUT2D eigenvalue weighted by Gasteiger charge is 2.55. The van der Waals surface area contributed by atoms with Gasteiger partial charge in [0.1, 0.15) is 31.8 Å². The summed E-state index contributed by atoms with van der Waals surface area (Å²) in [5.41, 5.74) is 4.93. The van der Waals surface area contributed by atoms with Gasteiger partial charge in [-0.25, -0.2) is 4.90 Å². The highest BCUT2D eigenvalue weighted by molar-refractivity contribution is 7.80. The molecule has 8 aromatic rings. The van der Waals surface area contributed by atoms with E-state index in [9.17, 15) is 0 Å². The summed E-state index contributed by atoms with van der Waals surface area (Å²) in [7, 11) is 1.16. The smallest absolute Gasteiger partial charge is 0.169 e. The average Bonchev–Trinajstić information content (AvgIpc) is 3.98. The van der Waals surface area contributed by atoms with E-state index in [1.54, 1.807) is 14.2 Å². The third-order valence-corrected chi connectivity index (χ3v) is 17.7. The summed E-state index contributed by atoms with van der Waals surface area (Å²) in [5.74, 6) is 2.57. The van der Waals surface area contributed by atoms with E-state index in [0.29, 0.717) is 29.6 Å². The molecule has 0 spiro atoms. The van der Waals surface area contributed by atoms with Crippen LogP contribution in [0.5, 0.6) is 23.0 Å². The number of hydrogen-bond donors (Lipinski definition) is 0. The van der Waals surface area contributed by atoms with Crippen molar-refractivity contribution in [3.05, 3.63) is 228 Å². The Morgan fingerprint density at radius 3 is 1.27 bits per heavy atom. The molecule has 7 nitrogen and oxygen atoms in total. The van der Waals surface area contributed by atoms with Crippen LogP contribution in [0, 0.1) is 0 Å². The fourth-order valence-corrected chi connectivity index (χ4v) is 14.6. The number of rotatable bonds is 9. The SMILES string of the molecule is COc1ccc(P(c2ccccc2)c2ccccc2)c2c1OCc1ccccc1COc1c(OC)ccc(P(c3ccccc3)c3ccccc3)c1[C@@H]1OC[C@H]3[C@H](c4ccccc4)O[C@H]2N13. The monoisotopic (exact) mass is 905 g/mol. The largest absolute Gasteiger partial charge is 0.493 e. The first kappa shape index (κ1) is 42.3. The van der Waals surface area contributed by atoms with Crippen molar-refractivity contribution in [2.45, 2.75) is 37.8 Å². The van der Waals surface area contributed by atoms with Gasteiger partial charge in [-0.15, -0.1) is 0 Å². The molecule has 3 aliphatic heterocycles. The Labute approximate surface area is 389 Å². The minimum absolute atomic E-state index is 0.192. The normalized spacial score (nSPS) is 18.9. The maximum Gasteiger partial charge on any atom is 0.169 e. The number of hydrogen-bond acceptors (Lipinski definition) is 7. The summed E-state index contributed by atoms with van der Waals surface area (Å²) < 4.78 is 42.0. The molecule has 0 saturated carbocycles. The summed E-state index contributed by atoms with van der Waals surface area (Å²) in [5, 5.41) is 7.09. The van der Waals surface area contributed by atoms with Crippen molar-refractivity contribution in [2.75, 3.05) is 20.8 Å². The lowest BCUT2D eigenvalue weighted by molar-refractivity contribution is -0.0775. The lowest BCUT2D eigenvalue weighted by Crippen LogP contribution is -2.36.